The van der Waals surface area contributed by atoms with Gasteiger partial charge in [-0.2, -0.15) is 0 Å². The molecule has 2 heterocycles. The lowest BCUT2D eigenvalue weighted by Crippen LogP contribution is -2.47. The second-order valence-electron chi connectivity index (χ2n) is 8.91. The summed E-state index contributed by atoms with van der Waals surface area (Å²) in [4.78, 5) is 17.7. The van der Waals surface area contributed by atoms with E-state index < -0.39 is 0 Å². The monoisotopic (exact) mass is 422 g/mol. The number of hydrogen-bond acceptors (Lipinski definition) is 3. The number of carbonyl (C=O) groups excluding carboxylic acids is 1. The standard InChI is InChI=1S/C24H38N2O2.ClH/c1-19(2)22-11-10-20(3)17-23(22)28-18-24(27)26-15-8-5-9-21(26)12-16-25-13-6-4-7-14-25;/h10-11,17,19,21H,4-9,12-16,18H2,1-3H3;1H. The fourth-order valence-electron chi connectivity index (χ4n) is 4.61. The van der Waals surface area contributed by atoms with Crippen molar-refractivity contribution >= 4 is 18.3 Å². The number of carbonyl (C=O) groups is 1. The van der Waals surface area contributed by atoms with E-state index >= 15 is 0 Å². The minimum absolute atomic E-state index is 0. The second-order valence-corrected chi connectivity index (χ2v) is 8.91. The van der Waals surface area contributed by atoms with Crippen LogP contribution in [-0.4, -0.2) is 54.5 Å². The highest BCUT2D eigenvalue weighted by molar-refractivity contribution is 5.85. The summed E-state index contributed by atoms with van der Waals surface area (Å²) in [6, 6.07) is 6.69. The number of hydrogen-bond donors (Lipinski definition) is 0. The van der Waals surface area contributed by atoms with Crippen LogP contribution in [0.25, 0.3) is 0 Å². The number of rotatable bonds is 7. The highest BCUT2D eigenvalue weighted by Crippen LogP contribution is 2.28. The predicted octanol–water partition coefficient (Wildman–Crippen LogP) is 5.18. The van der Waals surface area contributed by atoms with Crippen molar-refractivity contribution in [1.82, 2.24) is 9.80 Å². The number of ether oxygens (including phenoxy) is 1. The molecule has 0 aromatic heterocycles. The third-order valence-electron chi connectivity index (χ3n) is 6.32. The zero-order valence-corrected chi connectivity index (χ0v) is 19.3. The highest BCUT2D eigenvalue weighted by Gasteiger charge is 2.27. The van der Waals surface area contributed by atoms with Gasteiger partial charge in [-0.05, 0) is 81.6 Å². The zero-order chi connectivity index (χ0) is 19.9. The van der Waals surface area contributed by atoms with E-state index in [-0.39, 0.29) is 24.9 Å². The summed E-state index contributed by atoms with van der Waals surface area (Å²) in [5, 5.41) is 0. The Bertz CT molecular complexity index is 644. The fourth-order valence-corrected chi connectivity index (χ4v) is 4.61. The van der Waals surface area contributed by atoms with E-state index in [4.69, 9.17) is 4.74 Å². The van der Waals surface area contributed by atoms with Gasteiger partial charge in [0.15, 0.2) is 6.61 Å². The lowest BCUT2D eigenvalue weighted by atomic mass is 9.98. The third kappa shape index (κ3) is 6.89. The number of halogens is 1. The van der Waals surface area contributed by atoms with Crippen molar-refractivity contribution < 1.29 is 9.53 Å². The van der Waals surface area contributed by atoms with Crippen molar-refractivity contribution in [2.75, 3.05) is 32.8 Å². The maximum absolute atomic E-state index is 13.0. The van der Waals surface area contributed by atoms with E-state index in [1.807, 2.05) is 0 Å². The summed E-state index contributed by atoms with van der Waals surface area (Å²) in [6.45, 7) is 11.0. The molecule has 4 nitrogen and oxygen atoms in total. The molecule has 0 bridgehead atoms. The largest absolute Gasteiger partial charge is 0.483 e. The molecule has 3 rings (SSSR count). The van der Waals surface area contributed by atoms with Crippen LogP contribution in [-0.2, 0) is 4.79 Å². The Hall–Kier alpha value is -1.26. The van der Waals surface area contributed by atoms with Crippen LogP contribution in [0.5, 0.6) is 5.75 Å². The minimum Gasteiger partial charge on any atom is -0.483 e. The molecule has 0 saturated carbocycles. The van der Waals surface area contributed by atoms with E-state index in [0.717, 1.165) is 38.1 Å². The van der Waals surface area contributed by atoms with Gasteiger partial charge in [-0.1, -0.05) is 32.4 Å². The lowest BCUT2D eigenvalue weighted by Gasteiger charge is -2.37. The molecule has 164 valence electrons. The molecule has 0 spiro atoms. The molecule has 29 heavy (non-hydrogen) atoms. The normalized spacial score (nSPS) is 20.4. The van der Waals surface area contributed by atoms with Gasteiger partial charge in [0.1, 0.15) is 5.75 Å². The van der Waals surface area contributed by atoms with Crippen LogP contribution < -0.4 is 4.74 Å². The quantitative estimate of drug-likeness (QED) is 0.607. The average Bonchev–Trinajstić information content (AvgIpc) is 2.71. The van der Waals surface area contributed by atoms with E-state index in [2.05, 4.69) is 48.8 Å². The van der Waals surface area contributed by atoms with E-state index in [1.54, 1.807) is 0 Å². The van der Waals surface area contributed by atoms with Crippen LogP contribution in [0.1, 0.15) is 75.8 Å². The van der Waals surface area contributed by atoms with Gasteiger partial charge < -0.3 is 14.5 Å². The number of amides is 1. The molecule has 1 atom stereocenters. The SMILES string of the molecule is Cc1ccc(C(C)C)c(OCC(=O)N2CCCCC2CCN2CCCCC2)c1.Cl. The van der Waals surface area contributed by atoms with Gasteiger partial charge in [0.05, 0.1) is 0 Å². The third-order valence-corrected chi connectivity index (χ3v) is 6.32. The molecule has 5 heteroatoms. The van der Waals surface area contributed by atoms with Crippen LogP contribution >= 0.6 is 12.4 Å². The first-order valence-corrected chi connectivity index (χ1v) is 11.3. The number of likely N-dealkylation sites (tertiary alicyclic amines) is 2. The first-order chi connectivity index (χ1) is 13.5. The van der Waals surface area contributed by atoms with Gasteiger partial charge in [-0.3, -0.25) is 4.79 Å². The van der Waals surface area contributed by atoms with Gasteiger partial charge in [0, 0.05) is 19.1 Å². The Morgan fingerprint density at radius 1 is 1.10 bits per heavy atom. The molecule has 0 N–H and O–H groups in total. The van der Waals surface area contributed by atoms with E-state index in [9.17, 15) is 4.79 Å². The molecule has 2 aliphatic rings. The Balaban J connectivity index is 0.00000300. The van der Waals surface area contributed by atoms with Gasteiger partial charge in [0.2, 0.25) is 0 Å². The van der Waals surface area contributed by atoms with Gasteiger partial charge in [0.25, 0.3) is 5.91 Å². The second kappa shape index (κ2) is 11.8. The molecule has 1 aromatic carbocycles. The molecular weight excluding hydrogens is 384 g/mol. The summed E-state index contributed by atoms with van der Waals surface area (Å²) < 4.78 is 6.04. The topological polar surface area (TPSA) is 32.8 Å². The summed E-state index contributed by atoms with van der Waals surface area (Å²) in [5.74, 6) is 1.41. The summed E-state index contributed by atoms with van der Waals surface area (Å²) in [5.41, 5.74) is 2.35. The molecule has 2 saturated heterocycles. The van der Waals surface area contributed by atoms with E-state index in [1.165, 1.54) is 49.9 Å². The number of benzene rings is 1. The Labute approximate surface area is 183 Å². The van der Waals surface area contributed by atoms with Gasteiger partial charge in [-0.15, -0.1) is 12.4 Å². The van der Waals surface area contributed by atoms with Crippen molar-refractivity contribution in [1.29, 1.82) is 0 Å². The first kappa shape index (κ1) is 24.0. The molecule has 0 aliphatic carbocycles. The maximum atomic E-state index is 13.0. The van der Waals surface area contributed by atoms with Crippen molar-refractivity contribution in [3.63, 3.8) is 0 Å². The van der Waals surface area contributed by atoms with Crippen LogP contribution in [0.3, 0.4) is 0 Å². The zero-order valence-electron chi connectivity index (χ0n) is 18.5. The van der Waals surface area contributed by atoms with Gasteiger partial charge in [-0.25, -0.2) is 0 Å². The molecular formula is C24H39ClN2O2. The summed E-state index contributed by atoms with van der Waals surface area (Å²) in [7, 11) is 0. The van der Waals surface area contributed by atoms with Crippen LogP contribution in [0.15, 0.2) is 18.2 Å². The maximum Gasteiger partial charge on any atom is 0.260 e. The van der Waals surface area contributed by atoms with Crippen LogP contribution in [0, 0.1) is 6.92 Å². The van der Waals surface area contributed by atoms with Crippen molar-refractivity contribution in [2.24, 2.45) is 0 Å². The Kier molecular flexibility index (Phi) is 9.78. The van der Waals surface area contributed by atoms with E-state index in [0.29, 0.717) is 12.0 Å². The molecule has 0 radical (unpaired) electrons. The summed E-state index contributed by atoms with van der Waals surface area (Å²) >= 11 is 0. The first-order valence-electron chi connectivity index (χ1n) is 11.3. The van der Waals surface area contributed by atoms with Gasteiger partial charge >= 0.3 is 0 Å². The fraction of sp³-hybridized carbons (Fsp3) is 0.708. The number of aryl methyl sites for hydroxylation is 1. The minimum atomic E-state index is 0. The van der Waals surface area contributed by atoms with Crippen LogP contribution in [0.2, 0.25) is 0 Å². The molecule has 2 aliphatic heterocycles. The number of nitrogens with zero attached hydrogens (tertiary/aromatic N) is 2. The average molecular weight is 423 g/mol. The predicted molar refractivity (Wildman–Crippen MR) is 122 cm³/mol. The van der Waals surface area contributed by atoms with Crippen molar-refractivity contribution in [2.45, 2.75) is 77.7 Å². The summed E-state index contributed by atoms with van der Waals surface area (Å²) in [6.07, 6.45) is 8.64. The highest BCUT2D eigenvalue weighted by atomic mass is 35.5. The van der Waals surface area contributed by atoms with Crippen molar-refractivity contribution in [3.05, 3.63) is 29.3 Å². The Morgan fingerprint density at radius 3 is 2.55 bits per heavy atom. The lowest BCUT2D eigenvalue weighted by molar-refractivity contribution is -0.137. The molecule has 1 amide bonds. The van der Waals surface area contributed by atoms with Crippen LogP contribution in [0.4, 0.5) is 0 Å². The molecule has 1 aromatic rings. The molecule has 1 unspecified atom stereocenters. The molecule has 2 fully saturated rings. The number of piperidine rings is 2. The Morgan fingerprint density at radius 2 is 1.83 bits per heavy atom. The van der Waals surface area contributed by atoms with Crippen molar-refractivity contribution in [3.8, 4) is 5.75 Å². The smallest absolute Gasteiger partial charge is 0.260 e.